The summed E-state index contributed by atoms with van der Waals surface area (Å²) in [5.41, 5.74) is 0.931. The summed E-state index contributed by atoms with van der Waals surface area (Å²) in [6.45, 7) is 0. The fraction of sp³-hybridized carbons (Fsp3) is 0. The molecule has 62 valence electrons. The van der Waals surface area contributed by atoms with Crippen LogP contribution in [-0.4, -0.2) is 9.97 Å². The van der Waals surface area contributed by atoms with Crippen molar-refractivity contribution in [2.24, 2.45) is 0 Å². The summed E-state index contributed by atoms with van der Waals surface area (Å²) in [4.78, 5) is 8.42. The third kappa shape index (κ3) is 0.839. The minimum atomic E-state index is 0.670. The van der Waals surface area contributed by atoms with Gasteiger partial charge in [-0.05, 0) is 12.1 Å². The molecule has 0 aliphatic carbocycles. The van der Waals surface area contributed by atoms with Crippen LogP contribution in [0.3, 0.4) is 0 Å². The van der Waals surface area contributed by atoms with Crippen LogP contribution < -0.4 is 0 Å². The van der Waals surface area contributed by atoms with E-state index in [-0.39, 0.29) is 0 Å². The highest BCUT2D eigenvalue weighted by Crippen LogP contribution is 2.28. The first-order valence-electron chi connectivity index (χ1n) is 4.03. The Bertz CT molecular complexity index is 529. The highest BCUT2D eigenvalue weighted by Gasteiger charge is 2.13. The molecule has 0 unspecified atom stereocenters. The SMILES string of the molecule is c1ccc2c3occnc-3nc2c1. The first kappa shape index (κ1) is 6.60. The summed E-state index contributed by atoms with van der Waals surface area (Å²) in [5.74, 6) is 1.43. The van der Waals surface area contributed by atoms with Crippen molar-refractivity contribution in [3.8, 4) is 11.6 Å². The molecule has 0 saturated carbocycles. The number of hydrogen-bond acceptors (Lipinski definition) is 3. The predicted molar refractivity (Wildman–Crippen MR) is 48.4 cm³/mol. The van der Waals surface area contributed by atoms with Gasteiger partial charge in [0.05, 0.1) is 11.7 Å². The van der Waals surface area contributed by atoms with Crippen LogP contribution in [0.15, 0.2) is 41.1 Å². The number of benzene rings is 1. The van der Waals surface area contributed by atoms with Gasteiger partial charge in [0.1, 0.15) is 6.26 Å². The highest BCUT2D eigenvalue weighted by atomic mass is 16.3. The van der Waals surface area contributed by atoms with Crippen molar-refractivity contribution in [1.29, 1.82) is 0 Å². The molecule has 0 spiro atoms. The summed E-state index contributed by atoms with van der Waals surface area (Å²) in [5, 5.41) is 1.02. The molecule has 1 aromatic rings. The fourth-order valence-electron chi connectivity index (χ4n) is 1.45. The quantitative estimate of drug-likeness (QED) is 0.519. The minimum Gasteiger partial charge on any atom is -0.459 e. The number of aromatic nitrogens is 2. The lowest BCUT2D eigenvalue weighted by atomic mass is 10.2. The topological polar surface area (TPSA) is 38.9 Å². The van der Waals surface area contributed by atoms with Crippen molar-refractivity contribution in [2.75, 3.05) is 0 Å². The van der Waals surface area contributed by atoms with Gasteiger partial charge < -0.3 is 4.42 Å². The normalized spacial score (nSPS) is 11.1. The second kappa shape index (κ2) is 2.29. The van der Waals surface area contributed by atoms with E-state index < -0.39 is 0 Å². The summed E-state index contributed by atoms with van der Waals surface area (Å²) < 4.78 is 5.34. The van der Waals surface area contributed by atoms with Crippen molar-refractivity contribution >= 4 is 10.9 Å². The molecule has 0 radical (unpaired) electrons. The second-order valence-electron chi connectivity index (χ2n) is 2.81. The Kier molecular flexibility index (Phi) is 1.16. The molecule has 3 heteroatoms. The summed E-state index contributed by atoms with van der Waals surface area (Å²) in [6.07, 6.45) is 3.17. The Balaban J connectivity index is 2.56. The lowest BCUT2D eigenvalue weighted by molar-refractivity contribution is 0.560. The lowest BCUT2D eigenvalue weighted by Crippen LogP contribution is -1.79. The van der Waals surface area contributed by atoms with Crippen LogP contribution in [-0.2, 0) is 0 Å². The predicted octanol–water partition coefficient (Wildman–Crippen LogP) is 2.33. The number of hydrogen-bond donors (Lipinski definition) is 0. The van der Waals surface area contributed by atoms with E-state index in [4.69, 9.17) is 4.42 Å². The maximum atomic E-state index is 5.34. The molecule has 0 bridgehead atoms. The van der Waals surface area contributed by atoms with Crippen LogP contribution in [0.25, 0.3) is 22.5 Å². The van der Waals surface area contributed by atoms with E-state index in [1.54, 1.807) is 12.5 Å². The summed E-state index contributed by atoms with van der Waals surface area (Å²) in [7, 11) is 0. The monoisotopic (exact) mass is 170 g/mol. The van der Waals surface area contributed by atoms with E-state index >= 15 is 0 Å². The molecule has 2 aliphatic rings. The van der Waals surface area contributed by atoms with E-state index in [9.17, 15) is 0 Å². The summed E-state index contributed by atoms with van der Waals surface area (Å²) >= 11 is 0. The number of para-hydroxylation sites is 1. The number of fused-ring (bicyclic) bond motifs is 3. The maximum absolute atomic E-state index is 5.34. The van der Waals surface area contributed by atoms with Crippen LogP contribution in [0.1, 0.15) is 0 Å². The maximum Gasteiger partial charge on any atom is 0.197 e. The van der Waals surface area contributed by atoms with Gasteiger partial charge in [0.15, 0.2) is 11.6 Å². The molecule has 0 atom stereocenters. The fourth-order valence-corrected chi connectivity index (χ4v) is 1.45. The molecule has 0 fully saturated rings. The summed E-state index contributed by atoms with van der Waals surface area (Å²) in [6, 6.07) is 7.85. The van der Waals surface area contributed by atoms with E-state index in [0.717, 1.165) is 16.7 Å². The third-order valence-corrected chi connectivity index (χ3v) is 2.02. The second-order valence-corrected chi connectivity index (χ2v) is 2.81. The molecule has 0 amide bonds. The third-order valence-electron chi connectivity index (χ3n) is 2.02. The smallest absolute Gasteiger partial charge is 0.197 e. The average Bonchev–Trinajstić information content (AvgIpc) is 2.56. The molecule has 0 saturated heterocycles. The van der Waals surface area contributed by atoms with Gasteiger partial charge in [-0.3, -0.25) is 0 Å². The Labute approximate surface area is 74.4 Å². The molecular weight excluding hydrogens is 164 g/mol. The molecule has 13 heavy (non-hydrogen) atoms. The molecule has 3 rings (SSSR count). The van der Waals surface area contributed by atoms with Crippen LogP contribution in [0.4, 0.5) is 0 Å². The van der Waals surface area contributed by atoms with Crippen LogP contribution in [0.5, 0.6) is 0 Å². The zero-order valence-corrected chi connectivity index (χ0v) is 6.77. The molecule has 1 aromatic carbocycles. The van der Waals surface area contributed by atoms with Crippen LogP contribution in [0.2, 0.25) is 0 Å². The molecule has 0 N–H and O–H groups in total. The Morgan fingerprint density at radius 2 is 2.08 bits per heavy atom. The van der Waals surface area contributed by atoms with Gasteiger partial charge in [-0.1, -0.05) is 12.1 Å². The van der Waals surface area contributed by atoms with Gasteiger partial charge >= 0.3 is 0 Å². The van der Waals surface area contributed by atoms with Gasteiger partial charge in [0.2, 0.25) is 0 Å². The first-order chi connectivity index (χ1) is 6.45. The first-order valence-corrected chi connectivity index (χ1v) is 4.03. The highest BCUT2D eigenvalue weighted by molar-refractivity contribution is 5.93. The van der Waals surface area contributed by atoms with Crippen molar-refractivity contribution in [2.45, 2.75) is 0 Å². The van der Waals surface area contributed by atoms with E-state index in [0.29, 0.717) is 5.82 Å². The van der Waals surface area contributed by atoms with E-state index in [1.807, 2.05) is 24.3 Å². The van der Waals surface area contributed by atoms with E-state index in [1.165, 1.54) is 0 Å². The Morgan fingerprint density at radius 3 is 3.08 bits per heavy atom. The lowest BCUT2D eigenvalue weighted by Gasteiger charge is -1.92. The van der Waals surface area contributed by atoms with Crippen molar-refractivity contribution in [3.05, 3.63) is 36.7 Å². The standard InChI is InChI=1S/C10H6N2O/c1-2-4-8-7(3-1)9-10(12-8)11-5-6-13-9/h1-6H. The molecule has 2 heterocycles. The molecule has 0 aromatic heterocycles. The average molecular weight is 170 g/mol. The Morgan fingerprint density at radius 1 is 1.15 bits per heavy atom. The van der Waals surface area contributed by atoms with Crippen LogP contribution in [0, 0.1) is 0 Å². The molecule has 3 nitrogen and oxygen atoms in total. The molecular formula is C10H6N2O. The minimum absolute atomic E-state index is 0.670. The van der Waals surface area contributed by atoms with Gasteiger partial charge in [-0.2, -0.15) is 0 Å². The largest absolute Gasteiger partial charge is 0.459 e. The zero-order chi connectivity index (χ0) is 8.67. The van der Waals surface area contributed by atoms with E-state index in [2.05, 4.69) is 9.97 Å². The van der Waals surface area contributed by atoms with Crippen molar-refractivity contribution in [1.82, 2.24) is 9.97 Å². The number of rotatable bonds is 0. The number of nitrogens with zero attached hydrogens (tertiary/aromatic N) is 2. The zero-order valence-electron chi connectivity index (χ0n) is 6.77. The van der Waals surface area contributed by atoms with Gasteiger partial charge in [0.25, 0.3) is 0 Å². The van der Waals surface area contributed by atoms with Gasteiger partial charge in [0, 0.05) is 5.39 Å². The van der Waals surface area contributed by atoms with Gasteiger partial charge in [-0.15, -0.1) is 0 Å². The molecule has 2 aliphatic heterocycles. The van der Waals surface area contributed by atoms with Crippen LogP contribution >= 0.6 is 0 Å². The Hall–Kier alpha value is -1.90. The van der Waals surface area contributed by atoms with Crippen molar-refractivity contribution in [3.63, 3.8) is 0 Å². The van der Waals surface area contributed by atoms with Gasteiger partial charge in [-0.25, -0.2) is 9.97 Å². The van der Waals surface area contributed by atoms with Crippen molar-refractivity contribution < 1.29 is 4.42 Å².